The van der Waals surface area contributed by atoms with Crippen molar-refractivity contribution in [2.75, 3.05) is 0 Å². The van der Waals surface area contributed by atoms with E-state index < -0.39 is 6.04 Å². The zero-order valence-corrected chi connectivity index (χ0v) is 10.6. The van der Waals surface area contributed by atoms with E-state index in [2.05, 4.69) is 27.6 Å². The maximum atomic E-state index is 13.5. The van der Waals surface area contributed by atoms with Crippen LogP contribution in [0.2, 0.25) is 0 Å². The zero-order chi connectivity index (χ0) is 11.5. The van der Waals surface area contributed by atoms with E-state index in [1.54, 1.807) is 12.3 Å². The maximum absolute atomic E-state index is 13.5. The Kier molecular flexibility index (Phi) is 3.50. The van der Waals surface area contributed by atoms with Crippen molar-refractivity contribution in [3.05, 3.63) is 63.2 Å². The van der Waals surface area contributed by atoms with Crippen LogP contribution >= 0.6 is 22.6 Å². The highest BCUT2D eigenvalue weighted by Gasteiger charge is 2.13. The first-order valence-corrected chi connectivity index (χ1v) is 5.87. The molecule has 1 aromatic heterocycles. The van der Waals surface area contributed by atoms with Gasteiger partial charge in [0.15, 0.2) is 0 Å². The summed E-state index contributed by atoms with van der Waals surface area (Å²) in [5.74, 6) is -0.367. The molecule has 0 aliphatic heterocycles. The third-order valence-corrected chi connectivity index (χ3v) is 3.02. The molecule has 0 amide bonds. The van der Waals surface area contributed by atoms with Crippen molar-refractivity contribution in [1.82, 2.24) is 4.98 Å². The lowest BCUT2D eigenvalue weighted by molar-refractivity contribution is 0.593. The first-order valence-electron chi connectivity index (χ1n) is 4.79. The second-order valence-corrected chi connectivity index (χ2v) is 4.68. The van der Waals surface area contributed by atoms with Gasteiger partial charge in [0, 0.05) is 15.3 Å². The lowest BCUT2D eigenvalue weighted by atomic mass is 10.0. The van der Waals surface area contributed by atoms with E-state index >= 15 is 0 Å². The molecule has 0 aliphatic rings. The molecule has 0 bridgehead atoms. The first-order chi connectivity index (χ1) is 7.68. The molecule has 0 radical (unpaired) electrons. The summed E-state index contributed by atoms with van der Waals surface area (Å²) in [5, 5.41) is 0. The molecule has 1 atom stereocenters. The molecule has 2 nitrogen and oxygen atoms in total. The monoisotopic (exact) mass is 328 g/mol. The Morgan fingerprint density at radius 1 is 1.31 bits per heavy atom. The van der Waals surface area contributed by atoms with Crippen LogP contribution in [0.3, 0.4) is 0 Å². The Labute approximate surface area is 107 Å². The summed E-state index contributed by atoms with van der Waals surface area (Å²) in [6.07, 6.45) is 2.73. The lowest BCUT2D eigenvalue weighted by Crippen LogP contribution is -2.13. The van der Waals surface area contributed by atoms with Crippen molar-refractivity contribution in [3.63, 3.8) is 0 Å². The summed E-state index contributed by atoms with van der Waals surface area (Å²) in [6, 6.07) is 8.89. The van der Waals surface area contributed by atoms with Gasteiger partial charge in [-0.1, -0.05) is 12.1 Å². The molecular formula is C12H10FIN2. The second kappa shape index (κ2) is 4.88. The Hall–Kier alpha value is -1.01. The maximum Gasteiger partial charge on any atom is 0.146 e. The van der Waals surface area contributed by atoms with E-state index in [4.69, 9.17) is 5.73 Å². The Bertz CT molecular complexity index is 502. The van der Waals surface area contributed by atoms with Gasteiger partial charge in [0.2, 0.25) is 0 Å². The normalized spacial score (nSPS) is 12.4. The number of nitrogens with zero attached hydrogens (tertiary/aromatic N) is 1. The van der Waals surface area contributed by atoms with Crippen LogP contribution in [0.1, 0.15) is 17.2 Å². The van der Waals surface area contributed by atoms with Crippen LogP contribution < -0.4 is 5.73 Å². The fraction of sp³-hybridized carbons (Fsp3) is 0.0833. The molecule has 0 saturated heterocycles. The molecule has 1 aromatic carbocycles. The molecule has 2 N–H and O–H groups in total. The van der Waals surface area contributed by atoms with Gasteiger partial charge in [-0.3, -0.25) is 4.98 Å². The van der Waals surface area contributed by atoms with Gasteiger partial charge in [0.05, 0.1) is 12.2 Å². The number of hydrogen-bond acceptors (Lipinski definition) is 2. The average Bonchev–Trinajstić information content (AvgIpc) is 2.29. The Morgan fingerprint density at radius 2 is 2.12 bits per heavy atom. The number of hydrogen-bond donors (Lipinski definition) is 1. The number of pyridine rings is 1. The fourth-order valence-electron chi connectivity index (χ4n) is 1.52. The topological polar surface area (TPSA) is 38.9 Å². The molecule has 82 valence electrons. The van der Waals surface area contributed by atoms with Gasteiger partial charge in [-0.25, -0.2) is 4.39 Å². The number of halogens is 2. The Morgan fingerprint density at radius 3 is 2.81 bits per heavy atom. The molecular weight excluding hydrogens is 318 g/mol. The van der Waals surface area contributed by atoms with Gasteiger partial charge in [-0.2, -0.15) is 0 Å². The van der Waals surface area contributed by atoms with Crippen molar-refractivity contribution in [3.8, 4) is 0 Å². The number of rotatable bonds is 2. The van der Waals surface area contributed by atoms with Crippen LogP contribution in [0, 0.1) is 9.39 Å². The standard InChI is InChI=1S/C12H10FIN2/c13-11-7-16-5-4-10(11)12(15)8-2-1-3-9(14)6-8/h1-7,12H,15H2. The molecule has 0 spiro atoms. The predicted octanol–water partition coefficient (Wildman–Crippen LogP) is 2.87. The van der Waals surface area contributed by atoms with Crippen LogP contribution in [0.5, 0.6) is 0 Å². The summed E-state index contributed by atoms with van der Waals surface area (Å²) in [5.41, 5.74) is 7.38. The van der Waals surface area contributed by atoms with Crippen molar-refractivity contribution in [1.29, 1.82) is 0 Å². The molecule has 0 aliphatic carbocycles. The Balaban J connectivity index is 2.39. The van der Waals surface area contributed by atoms with Crippen molar-refractivity contribution < 1.29 is 4.39 Å². The van der Waals surface area contributed by atoms with Gasteiger partial charge in [0.1, 0.15) is 5.82 Å². The van der Waals surface area contributed by atoms with Crippen molar-refractivity contribution in [2.24, 2.45) is 5.73 Å². The minimum absolute atomic E-state index is 0.367. The van der Waals surface area contributed by atoms with Crippen LogP contribution in [-0.4, -0.2) is 4.98 Å². The molecule has 0 fully saturated rings. The summed E-state index contributed by atoms with van der Waals surface area (Å²) in [4.78, 5) is 3.71. The summed E-state index contributed by atoms with van der Waals surface area (Å²) >= 11 is 2.21. The minimum atomic E-state index is -0.447. The van der Waals surface area contributed by atoms with Crippen molar-refractivity contribution in [2.45, 2.75) is 6.04 Å². The van der Waals surface area contributed by atoms with E-state index in [1.807, 2.05) is 24.3 Å². The van der Waals surface area contributed by atoms with Gasteiger partial charge >= 0.3 is 0 Å². The molecule has 0 saturated carbocycles. The highest BCUT2D eigenvalue weighted by atomic mass is 127. The highest BCUT2D eigenvalue weighted by Crippen LogP contribution is 2.22. The van der Waals surface area contributed by atoms with E-state index in [0.29, 0.717) is 5.56 Å². The predicted molar refractivity (Wildman–Crippen MR) is 69.4 cm³/mol. The summed E-state index contributed by atoms with van der Waals surface area (Å²) < 4.78 is 14.6. The zero-order valence-electron chi connectivity index (χ0n) is 8.40. The second-order valence-electron chi connectivity index (χ2n) is 3.43. The van der Waals surface area contributed by atoms with Crippen molar-refractivity contribution >= 4 is 22.6 Å². The molecule has 2 rings (SSSR count). The SMILES string of the molecule is NC(c1cccc(I)c1)c1ccncc1F. The van der Waals surface area contributed by atoms with Crippen LogP contribution in [0.25, 0.3) is 0 Å². The lowest BCUT2D eigenvalue weighted by Gasteiger charge is -2.13. The largest absolute Gasteiger partial charge is 0.320 e. The first kappa shape index (κ1) is 11.5. The number of benzene rings is 1. The average molecular weight is 328 g/mol. The third-order valence-electron chi connectivity index (χ3n) is 2.35. The fourth-order valence-corrected chi connectivity index (χ4v) is 2.08. The number of aromatic nitrogens is 1. The highest BCUT2D eigenvalue weighted by molar-refractivity contribution is 14.1. The molecule has 16 heavy (non-hydrogen) atoms. The smallest absolute Gasteiger partial charge is 0.146 e. The van der Waals surface area contributed by atoms with Gasteiger partial charge in [-0.05, 0) is 46.4 Å². The molecule has 2 aromatic rings. The van der Waals surface area contributed by atoms with E-state index in [0.717, 1.165) is 9.13 Å². The summed E-state index contributed by atoms with van der Waals surface area (Å²) in [6.45, 7) is 0. The third kappa shape index (κ3) is 2.38. The molecule has 1 unspecified atom stereocenters. The van der Waals surface area contributed by atoms with Gasteiger partial charge < -0.3 is 5.73 Å². The van der Waals surface area contributed by atoms with E-state index in [9.17, 15) is 4.39 Å². The van der Waals surface area contributed by atoms with Gasteiger partial charge in [0.25, 0.3) is 0 Å². The molecule has 1 heterocycles. The van der Waals surface area contributed by atoms with Crippen LogP contribution in [0.4, 0.5) is 4.39 Å². The van der Waals surface area contributed by atoms with Crippen LogP contribution in [-0.2, 0) is 0 Å². The quantitative estimate of drug-likeness (QED) is 0.861. The molecule has 4 heteroatoms. The number of nitrogens with two attached hydrogens (primary N) is 1. The van der Waals surface area contributed by atoms with E-state index in [-0.39, 0.29) is 5.82 Å². The summed E-state index contributed by atoms with van der Waals surface area (Å²) in [7, 11) is 0. The minimum Gasteiger partial charge on any atom is -0.320 e. The van der Waals surface area contributed by atoms with E-state index in [1.165, 1.54) is 6.20 Å². The van der Waals surface area contributed by atoms with Gasteiger partial charge in [-0.15, -0.1) is 0 Å². The van der Waals surface area contributed by atoms with Crippen LogP contribution in [0.15, 0.2) is 42.7 Å².